The minimum Gasteiger partial charge on any atom is -0.437 e. The van der Waals surface area contributed by atoms with E-state index in [-0.39, 0.29) is 0 Å². The van der Waals surface area contributed by atoms with Crippen LogP contribution in [0.15, 0.2) is 54.3 Å². The Morgan fingerprint density at radius 3 is 2.50 bits per heavy atom. The van der Waals surface area contributed by atoms with Gasteiger partial charge in [-0.05, 0) is 31.5 Å². The first-order chi connectivity index (χ1) is 11.7. The van der Waals surface area contributed by atoms with Gasteiger partial charge in [0, 0.05) is 16.6 Å². The molecule has 4 rings (SSSR count). The minimum atomic E-state index is 0.558. The fraction of sp³-hybridized carbons (Fsp3) is 0.105. The van der Waals surface area contributed by atoms with Crippen LogP contribution in [0.1, 0.15) is 11.3 Å². The van der Waals surface area contributed by atoms with Gasteiger partial charge in [0.25, 0.3) is 0 Å². The van der Waals surface area contributed by atoms with Crippen LogP contribution in [-0.4, -0.2) is 15.0 Å². The summed E-state index contributed by atoms with van der Waals surface area (Å²) in [5.41, 5.74) is 4.40. The van der Waals surface area contributed by atoms with Crippen LogP contribution in [0.3, 0.4) is 0 Å². The molecule has 4 aromatic rings. The Bertz CT molecular complexity index is 991. The zero-order valence-corrected chi connectivity index (χ0v) is 14.2. The van der Waals surface area contributed by atoms with E-state index in [1.165, 1.54) is 11.9 Å². The molecule has 0 unspecified atom stereocenters. The van der Waals surface area contributed by atoms with Gasteiger partial charge in [-0.25, -0.2) is 9.97 Å². The number of rotatable bonds is 3. The van der Waals surface area contributed by atoms with Gasteiger partial charge in [0.2, 0.25) is 5.88 Å². The van der Waals surface area contributed by atoms with Gasteiger partial charge in [-0.3, -0.25) is 4.98 Å². The average molecular weight is 333 g/mol. The van der Waals surface area contributed by atoms with Crippen molar-refractivity contribution >= 4 is 21.6 Å². The molecule has 0 radical (unpaired) electrons. The standard InChI is InChI=1S/C19H15N3OS/c1-12-3-6-14(7-4-12)16-10-24-19-17(16)18(21-11-22-19)23-15-8-5-13(2)20-9-15/h3-11H,1-2H3. The van der Waals surface area contributed by atoms with Gasteiger partial charge in [0.15, 0.2) is 0 Å². The molecule has 0 N–H and O–H groups in total. The van der Waals surface area contributed by atoms with Crippen molar-refractivity contribution in [2.24, 2.45) is 0 Å². The Hall–Kier alpha value is -2.79. The molecule has 0 aliphatic rings. The molecule has 0 spiro atoms. The summed E-state index contributed by atoms with van der Waals surface area (Å²) in [6.45, 7) is 4.03. The minimum absolute atomic E-state index is 0.558. The molecular formula is C19H15N3OS. The van der Waals surface area contributed by atoms with Crippen molar-refractivity contribution in [1.82, 2.24) is 15.0 Å². The third kappa shape index (κ3) is 2.74. The summed E-state index contributed by atoms with van der Waals surface area (Å²) in [4.78, 5) is 13.9. The number of pyridine rings is 1. The van der Waals surface area contributed by atoms with Crippen molar-refractivity contribution in [3.63, 3.8) is 0 Å². The lowest BCUT2D eigenvalue weighted by molar-refractivity contribution is 0.466. The molecule has 0 saturated heterocycles. The monoisotopic (exact) mass is 333 g/mol. The van der Waals surface area contributed by atoms with Gasteiger partial charge in [0.05, 0.1) is 11.6 Å². The molecule has 0 atom stereocenters. The lowest BCUT2D eigenvalue weighted by Gasteiger charge is -2.07. The molecule has 5 heteroatoms. The summed E-state index contributed by atoms with van der Waals surface area (Å²) in [5.74, 6) is 1.23. The third-order valence-corrected chi connectivity index (χ3v) is 4.68. The summed E-state index contributed by atoms with van der Waals surface area (Å²) in [7, 11) is 0. The average Bonchev–Trinajstić information content (AvgIpc) is 3.03. The van der Waals surface area contributed by atoms with Crippen LogP contribution in [0.25, 0.3) is 21.3 Å². The van der Waals surface area contributed by atoms with E-state index in [2.05, 4.69) is 51.5 Å². The van der Waals surface area contributed by atoms with E-state index in [1.807, 2.05) is 19.1 Å². The van der Waals surface area contributed by atoms with Crippen LogP contribution in [0.4, 0.5) is 0 Å². The summed E-state index contributed by atoms with van der Waals surface area (Å²) < 4.78 is 5.98. The van der Waals surface area contributed by atoms with Crippen LogP contribution < -0.4 is 4.74 Å². The van der Waals surface area contributed by atoms with Gasteiger partial charge >= 0.3 is 0 Å². The highest BCUT2D eigenvalue weighted by Crippen LogP contribution is 2.38. The highest BCUT2D eigenvalue weighted by atomic mass is 32.1. The molecule has 0 saturated carbocycles. The number of hydrogen-bond acceptors (Lipinski definition) is 5. The van der Waals surface area contributed by atoms with Crippen molar-refractivity contribution < 1.29 is 4.74 Å². The number of aromatic nitrogens is 3. The molecular weight excluding hydrogens is 318 g/mol. The molecule has 24 heavy (non-hydrogen) atoms. The quantitative estimate of drug-likeness (QED) is 0.519. The smallest absolute Gasteiger partial charge is 0.231 e. The first-order valence-corrected chi connectivity index (χ1v) is 8.48. The Labute approximate surface area is 143 Å². The topological polar surface area (TPSA) is 47.9 Å². The number of thiophene rings is 1. The van der Waals surface area contributed by atoms with E-state index in [0.717, 1.165) is 27.0 Å². The Balaban J connectivity index is 1.82. The van der Waals surface area contributed by atoms with Crippen molar-refractivity contribution in [2.45, 2.75) is 13.8 Å². The first-order valence-electron chi connectivity index (χ1n) is 7.60. The summed E-state index contributed by atoms with van der Waals surface area (Å²) in [6, 6.07) is 12.2. The third-order valence-electron chi connectivity index (χ3n) is 3.80. The number of ether oxygens (including phenoxy) is 1. The second kappa shape index (κ2) is 6.02. The molecule has 0 fully saturated rings. The van der Waals surface area contributed by atoms with Crippen molar-refractivity contribution in [1.29, 1.82) is 0 Å². The maximum Gasteiger partial charge on any atom is 0.231 e. The molecule has 1 aromatic carbocycles. The van der Waals surface area contributed by atoms with Crippen LogP contribution in [0.5, 0.6) is 11.6 Å². The summed E-state index contributed by atoms with van der Waals surface area (Å²) in [6.07, 6.45) is 3.25. The molecule has 0 aliphatic heterocycles. The lowest BCUT2D eigenvalue weighted by atomic mass is 10.0. The van der Waals surface area contributed by atoms with E-state index in [1.54, 1.807) is 17.5 Å². The number of hydrogen-bond donors (Lipinski definition) is 0. The SMILES string of the molecule is Cc1ccc(-c2csc3ncnc(Oc4ccc(C)nc4)c23)cc1. The number of benzene rings is 1. The number of nitrogens with zero attached hydrogens (tertiary/aromatic N) is 3. The fourth-order valence-electron chi connectivity index (χ4n) is 2.50. The van der Waals surface area contributed by atoms with E-state index < -0.39 is 0 Å². The van der Waals surface area contributed by atoms with E-state index in [4.69, 9.17) is 4.74 Å². The van der Waals surface area contributed by atoms with Crippen LogP contribution >= 0.6 is 11.3 Å². The largest absolute Gasteiger partial charge is 0.437 e. The zero-order chi connectivity index (χ0) is 16.5. The number of aryl methyl sites for hydroxylation is 2. The predicted molar refractivity (Wildman–Crippen MR) is 96.6 cm³/mol. The molecule has 3 heterocycles. The van der Waals surface area contributed by atoms with Gasteiger partial charge in [-0.15, -0.1) is 11.3 Å². The summed E-state index contributed by atoms with van der Waals surface area (Å²) in [5, 5.41) is 3.04. The van der Waals surface area contributed by atoms with E-state index >= 15 is 0 Å². The molecule has 0 amide bonds. The molecule has 0 bridgehead atoms. The number of fused-ring (bicyclic) bond motifs is 1. The molecule has 0 aliphatic carbocycles. The molecule has 118 valence electrons. The van der Waals surface area contributed by atoms with Crippen molar-refractivity contribution in [2.75, 3.05) is 0 Å². The van der Waals surface area contributed by atoms with Gasteiger partial charge in [-0.1, -0.05) is 29.8 Å². The Morgan fingerprint density at radius 2 is 1.75 bits per heavy atom. The Morgan fingerprint density at radius 1 is 0.917 bits per heavy atom. The van der Waals surface area contributed by atoms with Crippen LogP contribution in [-0.2, 0) is 0 Å². The Kier molecular flexibility index (Phi) is 3.70. The first kappa shape index (κ1) is 14.8. The highest BCUT2D eigenvalue weighted by molar-refractivity contribution is 7.17. The maximum absolute atomic E-state index is 5.98. The van der Waals surface area contributed by atoms with Crippen molar-refractivity contribution in [3.05, 3.63) is 65.6 Å². The maximum atomic E-state index is 5.98. The normalized spacial score (nSPS) is 10.9. The van der Waals surface area contributed by atoms with Gasteiger partial charge in [-0.2, -0.15) is 0 Å². The zero-order valence-electron chi connectivity index (χ0n) is 13.4. The summed E-state index contributed by atoms with van der Waals surface area (Å²) >= 11 is 1.59. The van der Waals surface area contributed by atoms with Crippen LogP contribution in [0, 0.1) is 13.8 Å². The fourth-order valence-corrected chi connectivity index (χ4v) is 3.40. The predicted octanol–water partition coefficient (Wildman–Crippen LogP) is 5.16. The van der Waals surface area contributed by atoms with Crippen LogP contribution in [0.2, 0.25) is 0 Å². The molecule has 4 nitrogen and oxygen atoms in total. The lowest BCUT2D eigenvalue weighted by Crippen LogP contribution is -1.92. The second-order valence-electron chi connectivity index (χ2n) is 5.61. The van der Waals surface area contributed by atoms with Gasteiger partial charge in [0.1, 0.15) is 16.9 Å². The highest BCUT2D eigenvalue weighted by Gasteiger charge is 2.14. The second-order valence-corrected chi connectivity index (χ2v) is 6.47. The van der Waals surface area contributed by atoms with Crippen molar-refractivity contribution in [3.8, 4) is 22.8 Å². The van der Waals surface area contributed by atoms with Gasteiger partial charge < -0.3 is 4.74 Å². The molecule has 3 aromatic heterocycles. The van der Waals surface area contributed by atoms with E-state index in [0.29, 0.717) is 11.6 Å². The van der Waals surface area contributed by atoms with E-state index in [9.17, 15) is 0 Å².